The van der Waals surface area contributed by atoms with E-state index in [2.05, 4.69) is 11.4 Å². The largest absolute Gasteiger partial charge is 0.397 e. The third kappa shape index (κ3) is 4.20. The fraction of sp³-hybridized carbons (Fsp3) is 0.267. The van der Waals surface area contributed by atoms with Gasteiger partial charge in [-0.05, 0) is 43.6 Å². The number of nitrogens with zero attached hydrogens (tertiary/aromatic N) is 1. The van der Waals surface area contributed by atoms with Crippen LogP contribution in [0.25, 0.3) is 0 Å². The number of halogens is 1. The van der Waals surface area contributed by atoms with Crippen LogP contribution in [-0.2, 0) is 11.3 Å². The third-order valence-corrected chi connectivity index (χ3v) is 4.40. The fourth-order valence-corrected chi connectivity index (χ4v) is 2.80. The lowest BCUT2D eigenvalue weighted by molar-refractivity contribution is -0.120. The van der Waals surface area contributed by atoms with E-state index in [0.717, 1.165) is 6.54 Å². The van der Waals surface area contributed by atoms with Gasteiger partial charge in [0.05, 0.1) is 17.4 Å². The molecule has 1 aromatic carbocycles. The quantitative estimate of drug-likeness (QED) is 0.829. The molecule has 1 heterocycles. The minimum atomic E-state index is -0.273. The molecule has 0 aliphatic rings. The molecule has 0 spiro atoms. The Morgan fingerprint density at radius 3 is 2.90 bits per heavy atom. The molecule has 0 saturated carbocycles. The molecule has 2 aromatic rings. The molecular formula is C15H18ClN3OS. The maximum atomic E-state index is 12.3. The van der Waals surface area contributed by atoms with Gasteiger partial charge in [-0.1, -0.05) is 17.7 Å². The summed E-state index contributed by atoms with van der Waals surface area (Å²) in [6, 6.07) is 8.81. The van der Waals surface area contributed by atoms with E-state index >= 15 is 0 Å². The summed E-state index contributed by atoms with van der Waals surface area (Å²) in [7, 11) is 1.92. The van der Waals surface area contributed by atoms with Gasteiger partial charge in [0.1, 0.15) is 0 Å². The zero-order chi connectivity index (χ0) is 15.4. The molecule has 2 rings (SSSR count). The van der Waals surface area contributed by atoms with Crippen molar-refractivity contribution in [2.24, 2.45) is 0 Å². The summed E-state index contributed by atoms with van der Waals surface area (Å²) < 4.78 is 0. The minimum Gasteiger partial charge on any atom is -0.397 e. The highest BCUT2D eigenvalue weighted by atomic mass is 35.5. The van der Waals surface area contributed by atoms with Crippen molar-refractivity contribution in [2.45, 2.75) is 19.5 Å². The SMILES string of the molecule is CC(C(=O)Nc1cc(Cl)ccc1N)N(C)Cc1cccs1. The minimum absolute atomic E-state index is 0.108. The maximum Gasteiger partial charge on any atom is 0.241 e. The van der Waals surface area contributed by atoms with Crippen LogP contribution in [0.1, 0.15) is 11.8 Å². The number of nitrogens with two attached hydrogens (primary N) is 1. The summed E-state index contributed by atoms with van der Waals surface area (Å²) >= 11 is 7.60. The maximum absolute atomic E-state index is 12.3. The van der Waals surface area contributed by atoms with E-state index in [-0.39, 0.29) is 11.9 Å². The zero-order valence-corrected chi connectivity index (χ0v) is 13.5. The average Bonchev–Trinajstić information content (AvgIpc) is 2.94. The molecule has 1 unspecified atom stereocenters. The van der Waals surface area contributed by atoms with Crippen LogP contribution in [0.2, 0.25) is 5.02 Å². The van der Waals surface area contributed by atoms with Gasteiger partial charge < -0.3 is 11.1 Å². The molecule has 0 aliphatic heterocycles. The number of rotatable bonds is 5. The molecule has 0 saturated heterocycles. The average molecular weight is 324 g/mol. The molecule has 4 nitrogen and oxygen atoms in total. The van der Waals surface area contributed by atoms with Crippen molar-refractivity contribution >= 4 is 40.2 Å². The van der Waals surface area contributed by atoms with Gasteiger partial charge in [-0.2, -0.15) is 0 Å². The Balaban J connectivity index is 2.00. The van der Waals surface area contributed by atoms with Crippen LogP contribution in [0.4, 0.5) is 11.4 Å². The predicted molar refractivity (Wildman–Crippen MR) is 89.7 cm³/mol. The first-order valence-electron chi connectivity index (χ1n) is 6.56. The molecule has 0 radical (unpaired) electrons. The Labute approximate surface area is 133 Å². The van der Waals surface area contributed by atoms with Crippen molar-refractivity contribution in [1.82, 2.24) is 4.90 Å². The van der Waals surface area contributed by atoms with Crippen molar-refractivity contribution in [1.29, 1.82) is 0 Å². The van der Waals surface area contributed by atoms with Crippen molar-refractivity contribution in [2.75, 3.05) is 18.1 Å². The number of hydrogen-bond donors (Lipinski definition) is 2. The van der Waals surface area contributed by atoms with Gasteiger partial charge in [0, 0.05) is 16.4 Å². The van der Waals surface area contributed by atoms with Gasteiger partial charge in [0.15, 0.2) is 0 Å². The first-order chi connectivity index (χ1) is 9.97. The van der Waals surface area contributed by atoms with Gasteiger partial charge in [-0.15, -0.1) is 11.3 Å². The summed E-state index contributed by atoms with van der Waals surface area (Å²) in [4.78, 5) is 15.5. The van der Waals surface area contributed by atoms with E-state index in [9.17, 15) is 4.79 Å². The Hall–Kier alpha value is -1.56. The molecule has 1 aromatic heterocycles. The lowest BCUT2D eigenvalue weighted by atomic mass is 10.2. The lowest BCUT2D eigenvalue weighted by Crippen LogP contribution is -2.39. The molecule has 3 N–H and O–H groups in total. The molecular weight excluding hydrogens is 306 g/mol. The van der Waals surface area contributed by atoms with E-state index in [0.29, 0.717) is 16.4 Å². The Morgan fingerprint density at radius 1 is 1.48 bits per heavy atom. The summed E-state index contributed by atoms with van der Waals surface area (Å²) in [5.74, 6) is -0.108. The molecule has 1 atom stereocenters. The Kier molecular flexibility index (Phi) is 5.22. The van der Waals surface area contributed by atoms with Gasteiger partial charge in [0.2, 0.25) is 5.91 Å². The smallest absolute Gasteiger partial charge is 0.241 e. The van der Waals surface area contributed by atoms with E-state index in [1.54, 1.807) is 29.5 Å². The topological polar surface area (TPSA) is 58.4 Å². The summed E-state index contributed by atoms with van der Waals surface area (Å²) in [6.45, 7) is 2.60. The number of nitrogens with one attached hydrogen (secondary N) is 1. The number of likely N-dealkylation sites (N-methyl/N-ethyl adjacent to an activating group) is 1. The van der Waals surface area contributed by atoms with E-state index in [1.807, 2.05) is 30.3 Å². The van der Waals surface area contributed by atoms with Crippen LogP contribution >= 0.6 is 22.9 Å². The second-order valence-corrected chi connectivity index (χ2v) is 6.36. The molecule has 0 fully saturated rings. The normalized spacial score (nSPS) is 12.4. The number of anilines is 2. The van der Waals surface area contributed by atoms with Gasteiger partial charge >= 0.3 is 0 Å². The van der Waals surface area contributed by atoms with Crippen LogP contribution in [0.15, 0.2) is 35.7 Å². The second-order valence-electron chi connectivity index (χ2n) is 4.89. The summed E-state index contributed by atoms with van der Waals surface area (Å²) in [5, 5.41) is 5.39. The van der Waals surface area contributed by atoms with Crippen LogP contribution in [0.3, 0.4) is 0 Å². The zero-order valence-electron chi connectivity index (χ0n) is 12.0. The van der Waals surface area contributed by atoms with Crippen LogP contribution in [0.5, 0.6) is 0 Å². The standard InChI is InChI=1S/C15H18ClN3OS/c1-10(19(2)9-12-4-3-7-21-12)15(20)18-14-8-11(16)5-6-13(14)17/h3-8,10H,9,17H2,1-2H3,(H,18,20). The third-order valence-electron chi connectivity index (χ3n) is 3.30. The number of carbonyl (C=O) groups is 1. The highest BCUT2D eigenvalue weighted by Crippen LogP contribution is 2.23. The van der Waals surface area contributed by atoms with Crippen LogP contribution in [0, 0.1) is 0 Å². The van der Waals surface area contributed by atoms with Crippen LogP contribution in [-0.4, -0.2) is 23.9 Å². The molecule has 0 bridgehead atoms. The predicted octanol–water partition coefficient (Wildman–Crippen LogP) is 3.44. The van der Waals surface area contributed by atoms with E-state index < -0.39 is 0 Å². The molecule has 112 valence electrons. The monoisotopic (exact) mass is 323 g/mol. The Bertz CT molecular complexity index is 615. The Morgan fingerprint density at radius 2 is 2.24 bits per heavy atom. The first-order valence-corrected chi connectivity index (χ1v) is 7.81. The molecule has 21 heavy (non-hydrogen) atoms. The molecule has 1 amide bonds. The molecule has 6 heteroatoms. The fourth-order valence-electron chi connectivity index (χ4n) is 1.86. The van der Waals surface area contributed by atoms with Gasteiger partial charge in [-0.25, -0.2) is 0 Å². The number of nitrogen functional groups attached to an aromatic ring is 1. The second kappa shape index (κ2) is 6.93. The van der Waals surface area contributed by atoms with Crippen molar-refractivity contribution in [3.8, 4) is 0 Å². The number of hydrogen-bond acceptors (Lipinski definition) is 4. The number of carbonyl (C=O) groups excluding carboxylic acids is 1. The van der Waals surface area contributed by atoms with Crippen molar-refractivity contribution in [3.05, 3.63) is 45.6 Å². The lowest BCUT2D eigenvalue weighted by Gasteiger charge is -2.23. The summed E-state index contributed by atoms with van der Waals surface area (Å²) in [6.07, 6.45) is 0. The van der Waals surface area contributed by atoms with Gasteiger partial charge in [-0.3, -0.25) is 9.69 Å². The number of benzene rings is 1. The summed E-state index contributed by atoms with van der Waals surface area (Å²) in [5.41, 5.74) is 6.88. The van der Waals surface area contributed by atoms with Crippen molar-refractivity contribution < 1.29 is 4.79 Å². The van der Waals surface area contributed by atoms with E-state index in [4.69, 9.17) is 17.3 Å². The molecule has 0 aliphatic carbocycles. The van der Waals surface area contributed by atoms with E-state index in [1.165, 1.54) is 4.88 Å². The highest BCUT2D eigenvalue weighted by molar-refractivity contribution is 7.09. The first kappa shape index (κ1) is 15.8. The van der Waals surface area contributed by atoms with Gasteiger partial charge in [0.25, 0.3) is 0 Å². The number of amides is 1. The van der Waals surface area contributed by atoms with Crippen molar-refractivity contribution in [3.63, 3.8) is 0 Å². The number of thiophene rings is 1. The van der Waals surface area contributed by atoms with Crippen LogP contribution < -0.4 is 11.1 Å². The highest BCUT2D eigenvalue weighted by Gasteiger charge is 2.19.